The quantitative estimate of drug-likeness (QED) is 0.524. The molecule has 3 saturated heterocycles. The number of nitrogens with zero attached hydrogens (tertiary/aromatic N) is 6. The Kier molecular flexibility index (Phi) is 7.21. The van der Waals surface area contributed by atoms with Crippen LogP contribution < -0.4 is 10.2 Å². The van der Waals surface area contributed by atoms with Gasteiger partial charge in [0.15, 0.2) is 0 Å². The van der Waals surface area contributed by atoms with Crippen molar-refractivity contribution >= 4 is 34.0 Å². The summed E-state index contributed by atoms with van der Waals surface area (Å²) >= 11 is 0. The zero-order valence-corrected chi connectivity index (χ0v) is 27.4. The van der Waals surface area contributed by atoms with Crippen molar-refractivity contribution in [3.05, 3.63) is 11.8 Å². The van der Waals surface area contributed by atoms with E-state index in [0.29, 0.717) is 64.0 Å². The number of anilines is 2. The Bertz CT molecular complexity index is 1430. The summed E-state index contributed by atoms with van der Waals surface area (Å²) < 4.78 is 36.1. The van der Waals surface area contributed by atoms with E-state index in [1.165, 1.54) is 0 Å². The molecule has 0 aromatic carbocycles. The summed E-state index contributed by atoms with van der Waals surface area (Å²) in [6.45, 7) is 10.7. The van der Waals surface area contributed by atoms with Crippen LogP contribution in [0.3, 0.4) is 0 Å². The van der Waals surface area contributed by atoms with Crippen LogP contribution in [0.15, 0.2) is 6.20 Å². The molecule has 12 nitrogen and oxygen atoms in total. The Morgan fingerprint density at radius 3 is 2.39 bits per heavy atom. The molecule has 3 atom stereocenters. The molecule has 4 aliphatic heterocycles. The van der Waals surface area contributed by atoms with Gasteiger partial charge in [0, 0.05) is 68.5 Å². The van der Waals surface area contributed by atoms with Gasteiger partial charge in [-0.1, -0.05) is 13.3 Å². The summed E-state index contributed by atoms with van der Waals surface area (Å²) in [6, 6.07) is 0.249. The predicted molar refractivity (Wildman–Crippen MR) is 165 cm³/mol. The van der Waals surface area contributed by atoms with Crippen molar-refractivity contribution in [2.24, 2.45) is 11.3 Å². The van der Waals surface area contributed by atoms with Crippen LogP contribution in [0.1, 0.15) is 91.0 Å². The molecule has 5 heterocycles. The first-order valence-corrected chi connectivity index (χ1v) is 17.9. The monoisotopic (exact) mass is 629 g/mol. The minimum atomic E-state index is -3.60. The molecule has 2 spiro atoms. The highest BCUT2D eigenvalue weighted by atomic mass is 32.2. The molecule has 0 radical (unpaired) electrons. The topological polar surface area (TPSA) is 128 Å². The molecule has 2 aliphatic carbocycles. The number of ether oxygens (including phenoxy) is 1. The highest BCUT2D eigenvalue weighted by molar-refractivity contribution is 7.86. The van der Waals surface area contributed by atoms with Gasteiger partial charge in [0.25, 0.3) is 10.2 Å². The average molecular weight is 630 g/mol. The molecule has 44 heavy (non-hydrogen) atoms. The fourth-order valence-electron chi connectivity index (χ4n) is 8.25. The number of rotatable bonds is 5. The van der Waals surface area contributed by atoms with Crippen LogP contribution in [0.2, 0.25) is 0 Å². The molecule has 1 aromatic heterocycles. The smallest absolute Gasteiger partial charge is 0.410 e. The lowest BCUT2D eigenvalue weighted by Gasteiger charge is -2.34. The van der Waals surface area contributed by atoms with Gasteiger partial charge in [-0.25, -0.2) is 9.78 Å². The van der Waals surface area contributed by atoms with E-state index in [9.17, 15) is 18.0 Å². The van der Waals surface area contributed by atoms with Crippen molar-refractivity contribution in [3.63, 3.8) is 0 Å². The van der Waals surface area contributed by atoms with Crippen LogP contribution in [0, 0.1) is 11.3 Å². The average Bonchev–Trinajstić information content (AvgIpc) is 3.22. The number of carbonyl (C=O) groups excluding carboxylic acids is 2. The third-order valence-corrected chi connectivity index (χ3v) is 13.0. The zero-order chi connectivity index (χ0) is 31.1. The van der Waals surface area contributed by atoms with Crippen LogP contribution in [0.25, 0.3) is 0 Å². The van der Waals surface area contributed by atoms with Crippen molar-refractivity contribution in [2.75, 3.05) is 49.5 Å². The minimum Gasteiger partial charge on any atom is -0.444 e. The van der Waals surface area contributed by atoms with Gasteiger partial charge in [-0.3, -0.25) is 9.69 Å². The maximum atomic E-state index is 13.7. The lowest BCUT2D eigenvalue weighted by Crippen LogP contribution is -2.49. The number of aromatic nitrogens is 2. The number of piperidine rings is 1. The number of fused-ring (bicyclic) bond motifs is 2. The van der Waals surface area contributed by atoms with Crippen molar-refractivity contribution in [1.29, 1.82) is 0 Å². The maximum Gasteiger partial charge on any atom is 0.410 e. The van der Waals surface area contributed by atoms with Crippen molar-refractivity contribution in [3.8, 4) is 0 Å². The molecule has 3 unspecified atom stereocenters. The largest absolute Gasteiger partial charge is 0.444 e. The van der Waals surface area contributed by atoms with Gasteiger partial charge in [0.05, 0.1) is 5.41 Å². The Hall–Kier alpha value is -2.51. The first-order chi connectivity index (χ1) is 20.8. The Morgan fingerprint density at radius 2 is 1.73 bits per heavy atom. The molecule has 242 valence electrons. The molecule has 0 bridgehead atoms. The van der Waals surface area contributed by atoms with Gasteiger partial charge < -0.3 is 15.0 Å². The van der Waals surface area contributed by atoms with E-state index in [0.717, 1.165) is 56.3 Å². The van der Waals surface area contributed by atoms with Crippen LogP contribution >= 0.6 is 0 Å². The Balaban J connectivity index is 0.961. The molecular weight excluding hydrogens is 582 g/mol. The fraction of sp³-hybridized carbons (Fsp3) is 0.806. The van der Waals surface area contributed by atoms with Crippen LogP contribution in [0.4, 0.5) is 16.6 Å². The van der Waals surface area contributed by atoms with E-state index < -0.39 is 21.2 Å². The fourth-order valence-corrected chi connectivity index (χ4v) is 10.0. The molecule has 2 saturated carbocycles. The van der Waals surface area contributed by atoms with Gasteiger partial charge >= 0.3 is 6.09 Å². The van der Waals surface area contributed by atoms with E-state index in [4.69, 9.17) is 9.72 Å². The van der Waals surface area contributed by atoms with Gasteiger partial charge in [0.2, 0.25) is 11.9 Å². The summed E-state index contributed by atoms with van der Waals surface area (Å²) in [7, 11) is -3.60. The van der Waals surface area contributed by atoms with Crippen molar-refractivity contribution < 1.29 is 22.7 Å². The number of hydrogen-bond acceptors (Lipinski definition) is 8. The zero-order valence-electron chi connectivity index (χ0n) is 26.5. The summed E-state index contributed by atoms with van der Waals surface area (Å²) in [5.41, 5.74) is -0.193. The number of amides is 2. The second-order valence-electron chi connectivity index (χ2n) is 15.2. The first-order valence-electron chi connectivity index (χ1n) is 16.5. The number of carbonyl (C=O) groups is 2. The van der Waals surface area contributed by atoms with E-state index in [-0.39, 0.29) is 29.5 Å². The minimum absolute atomic E-state index is 0.0486. The normalized spacial score (nSPS) is 31.0. The second-order valence-corrected chi connectivity index (χ2v) is 17.2. The summed E-state index contributed by atoms with van der Waals surface area (Å²) in [6.07, 6.45) is 9.41. The van der Waals surface area contributed by atoms with Crippen molar-refractivity contribution in [1.82, 2.24) is 23.5 Å². The standard InChI is InChI=1S/C31H47N7O5S/c1-21-6-5-7-24(21)38-25-23(31(10-11-31)26(38)39)18-32-27(34-25)33-22-8-14-36(15-9-22)44(41,42)37-17-13-30(20-37)12-16-35(19-30)28(40)43-29(2,3)4/h18,21-22,24H,5-17,19-20H2,1-4H3,(H,32,33,34). The van der Waals surface area contributed by atoms with Gasteiger partial charge in [0.1, 0.15) is 11.4 Å². The summed E-state index contributed by atoms with van der Waals surface area (Å²) in [5.74, 6) is 1.96. The van der Waals surface area contributed by atoms with Gasteiger partial charge in [-0.15, -0.1) is 0 Å². The molecular formula is C31H47N7O5S. The van der Waals surface area contributed by atoms with Gasteiger partial charge in [-0.2, -0.15) is 22.0 Å². The van der Waals surface area contributed by atoms with E-state index in [1.54, 1.807) is 13.5 Å². The summed E-state index contributed by atoms with van der Waals surface area (Å²) in [5, 5.41) is 3.46. The lowest BCUT2D eigenvalue weighted by atomic mass is 9.87. The molecule has 5 fully saturated rings. The second kappa shape index (κ2) is 10.5. The molecule has 1 N–H and O–H groups in total. The molecule has 2 amide bonds. The molecule has 1 aromatic rings. The maximum absolute atomic E-state index is 13.7. The highest BCUT2D eigenvalue weighted by Crippen LogP contribution is 2.58. The molecule has 7 rings (SSSR count). The van der Waals surface area contributed by atoms with Crippen LogP contribution in [-0.2, 0) is 25.2 Å². The Labute approximate surface area is 261 Å². The van der Waals surface area contributed by atoms with E-state index >= 15 is 0 Å². The van der Waals surface area contributed by atoms with Gasteiger partial charge in [-0.05, 0) is 78.1 Å². The number of hydrogen-bond donors (Lipinski definition) is 1. The Morgan fingerprint density at radius 1 is 1.00 bits per heavy atom. The molecule has 13 heteroatoms. The number of nitrogens with one attached hydrogen (secondary N) is 1. The molecule has 6 aliphatic rings. The highest BCUT2D eigenvalue weighted by Gasteiger charge is 2.62. The van der Waals surface area contributed by atoms with E-state index in [1.807, 2.05) is 31.9 Å². The SMILES string of the molecule is CC1CCCC1N1C(=O)C2(CC2)c2cnc(NC3CCN(S(=O)(=O)N4CCC5(CCN(C(=O)OC(C)(C)C)C5)C4)CC3)nc21. The van der Waals surface area contributed by atoms with Crippen LogP contribution in [0.5, 0.6) is 0 Å². The summed E-state index contributed by atoms with van der Waals surface area (Å²) in [4.78, 5) is 39.4. The first kappa shape index (κ1) is 30.2. The van der Waals surface area contributed by atoms with Crippen LogP contribution in [-0.4, -0.2) is 101 Å². The van der Waals surface area contributed by atoms with E-state index in [2.05, 4.69) is 17.2 Å². The predicted octanol–water partition coefficient (Wildman–Crippen LogP) is 3.50. The van der Waals surface area contributed by atoms with Crippen molar-refractivity contribution in [2.45, 2.75) is 109 Å². The third-order valence-electron chi connectivity index (χ3n) is 11.0. The lowest BCUT2D eigenvalue weighted by molar-refractivity contribution is -0.120. The number of likely N-dealkylation sites (tertiary alicyclic amines) is 1. The third kappa shape index (κ3) is 5.16.